The Kier molecular flexibility index (Phi) is 3.33. The first-order valence-corrected chi connectivity index (χ1v) is 4.39. The molecular formula is C9H10ClNO3. The summed E-state index contributed by atoms with van der Waals surface area (Å²) < 4.78 is 0. The van der Waals surface area contributed by atoms with Gasteiger partial charge in [0.25, 0.3) is 0 Å². The summed E-state index contributed by atoms with van der Waals surface area (Å²) in [5, 5.41) is 18.6. The number of halogens is 1. The minimum absolute atomic E-state index is 0.00629. The zero-order valence-electron chi connectivity index (χ0n) is 7.33. The smallest absolute Gasteiger partial charge is 0.177 e. The summed E-state index contributed by atoms with van der Waals surface area (Å²) in [6.07, 6.45) is 0.120. The van der Waals surface area contributed by atoms with Gasteiger partial charge < -0.3 is 15.9 Å². The van der Waals surface area contributed by atoms with Gasteiger partial charge in [0.1, 0.15) is 0 Å². The molecule has 0 fully saturated rings. The molecule has 76 valence electrons. The van der Waals surface area contributed by atoms with Crippen molar-refractivity contribution in [3.8, 4) is 11.5 Å². The molecule has 0 unspecified atom stereocenters. The number of benzene rings is 1. The van der Waals surface area contributed by atoms with Gasteiger partial charge in [-0.05, 0) is 18.7 Å². The van der Waals surface area contributed by atoms with Gasteiger partial charge >= 0.3 is 0 Å². The van der Waals surface area contributed by atoms with Crippen molar-refractivity contribution in [3.63, 3.8) is 0 Å². The van der Waals surface area contributed by atoms with Crippen molar-refractivity contribution in [2.45, 2.75) is 6.42 Å². The average Bonchev–Trinajstić information content (AvgIpc) is 2.15. The van der Waals surface area contributed by atoms with Crippen LogP contribution < -0.4 is 5.73 Å². The maximum absolute atomic E-state index is 11.3. The van der Waals surface area contributed by atoms with Gasteiger partial charge in [-0.1, -0.05) is 11.6 Å². The third-order valence-corrected chi connectivity index (χ3v) is 2.08. The maximum atomic E-state index is 11.3. The summed E-state index contributed by atoms with van der Waals surface area (Å²) in [4.78, 5) is 11.3. The van der Waals surface area contributed by atoms with Crippen LogP contribution in [0.2, 0.25) is 5.02 Å². The molecule has 14 heavy (non-hydrogen) atoms. The third-order valence-electron chi connectivity index (χ3n) is 1.77. The number of hydrogen-bond acceptors (Lipinski definition) is 4. The molecule has 1 aromatic carbocycles. The molecule has 0 aliphatic heterocycles. The van der Waals surface area contributed by atoms with Gasteiger partial charge in [0.05, 0.1) is 10.6 Å². The Morgan fingerprint density at radius 3 is 2.57 bits per heavy atom. The second-order valence-electron chi connectivity index (χ2n) is 2.75. The van der Waals surface area contributed by atoms with E-state index >= 15 is 0 Å². The van der Waals surface area contributed by atoms with Crippen molar-refractivity contribution in [3.05, 3.63) is 22.7 Å². The van der Waals surface area contributed by atoms with E-state index in [2.05, 4.69) is 0 Å². The second-order valence-corrected chi connectivity index (χ2v) is 3.16. The fourth-order valence-electron chi connectivity index (χ4n) is 1.05. The van der Waals surface area contributed by atoms with Crippen molar-refractivity contribution in [2.75, 3.05) is 6.54 Å². The lowest BCUT2D eigenvalue weighted by atomic mass is 10.1. The van der Waals surface area contributed by atoms with E-state index in [9.17, 15) is 15.0 Å². The van der Waals surface area contributed by atoms with Gasteiger partial charge in [0.2, 0.25) is 0 Å². The highest BCUT2D eigenvalue weighted by Gasteiger charge is 2.15. The number of phenolic OH excluding ortho intramolecular Hbond substituents is 2. The van der Waals surface area contributed by atoms with Crippen LogP contribution in [0.5, 0.6) is 11.5 Å². The molecule has 0 radical (unpaired) electrons. The largest absolute Gasteiger partial charge is 0.504 e. The predicted molar refractivity (Wildman–Crippen MR) is 52.8 cm³/mol. The molecule has 1 aromatic rings. The van der Waals surface area contributed by atoms with Crippen LogP contribution in [0.15, 0.2) is 12.1 Å². The third kappa shape index (κ3) is 1.97. The van der Waals surface area contributed by atoms with Gasteiger partial charge in [-0.3, -0.25) is 4.79 Å². The Balaban J connectivity index is 3.11. The van der Waals surface area contributed by atoms with Crippen molar-refractivity contribution < 1.29 is 15.0 Å². The van der Waals surface area contributed by atoms with Gasteiger partial charge in [-0.2, -0.15) is 0 Å². The first-order valence-electron chi connectivity index (χ1n) is 4.01. The Hall–Kier alpha value is -1.26. The monoisotopic (exact) mass is 215 g/mol. The fourth-order valence-corrected chi connectivity index (χ4v) is 1.20. The first kappa shape index (κ1) is 10.8. The van der Waals surface area contributed by atoms with Crippen LogP contribution in [0.3, 0.4) is 0 Å². The van der Waals surface area contributed by atoms with E-state index in [-0.39, 0.29) is 29.3 Å². The average molecular weight is 216 g/mol. The quantitative estimate of drug-likeness (QED) is 0.524. The fraction of sp³-hybridized carbons (Fsp3) is 0.222. The van der Waals surface area contributed by atoms with Crippen LogP contribution in [0, 0.1) is 0 Å². The lowest BCUT2D eigenvalue weighted by Gasteiger charge is -2.05. The summed E-state index contributed by atoms with van der Waals surface area (Å²) in [5.74, 6) is -1.29. The number of Topliss-reactive ketones (excluding diaryl/α,β-unsaturated/α-hetero) is 1. The van der Waals surface area contributed by atoms with Crippen LogP contribution in [0.4, 0.5) is 0 Å². The highest BCUT2D eigenvalue weighted by Crippen LogP contribution is 2.36. The molecule has 0 saturated heterocycles. The summed E-state index contributed by atoms with van der Waals surface area (Å²) in [7, 11) is 0. The molecule has 0 bridgehead atoms. The minimum Gasteiger partial charge on any atom is -0.504 e. The molecule has 5 heteroatoms. The van der Waals surface area contributed by atoms with E-state index in [0.717, 1.165) is 0 Å². The topological polar surface area (TPSA) is 83.6 Å². The number of carbonyl (C=O) groups excluding carboxylic acids is 1. The molecule has 1 rings (SSSR count). The van der Waals surface area contributed by atoms with Crippen LogP contribution in [0.1, 0.15) is 16.8 Å². The molecule has 4 N–H and O–H groups in total. The van der Waals surface area contributed by atoms with Gasteiger partial charge in [0.15, 0.2) is 17.3 Å². The van der Waals surface area contributed by atoms with E-state index in [1.165, 1.54) is 12.1 Å². The molecule has 0 spiro atoms. The van der Waals surface area contributed by atoms with Crippen molar-refractivity contribution in [1.82, 2.24) is 0 Å². The summed E-state index contributed by atoms with van der Waals surface area (Å²) in [6, 6.07) is 2.70. The molecule has 0 aliphatic rings. The van der Waals surface area contributed by atoms with Crippen LogP contribution in [0.25, 0.3) is 0 Å². The van der Waals surface area contributed by atoms with E-state index in [4.69, 9.17) is 17.3 Å². The molecular weight excluding hydrogens is 206 g/mol. The zero-order chi connectivity index (χ0) is 10.7. The van der Waals surface area contributed by atoms with E-state index in [1.807, 2.05) is 0 Å². The number of phenols is 2. The van der Waals surface area contributed by atoms with Gasteiger partial charge in [0, 0.05) is 6.42 Å². The van der Waals surface area contributed by atoms with Crippen molar-refractivity contribution in [1.29, 1.82) is 0 Å². The number of aromatic hydroxyl groups is 2. The van der Waals surface area contributed by atoms with E-state index in [0.29, 0.717) is 0 Å². The lowest BCUT2D eigenvalue weighted by molar-refractivity contribution is 0.0982. The summed E-state index contributed by atoms with van der Waals surface area (Å²) in [6.45, 7) is 0.196. The lowest BCUT2D eigenvalue weighted by Crippen LogP contribution is -2.08. The zero-order valence-corrected chi connectivity index (χ0v) is 8.08. The predicted octanol–water partition coefficient (Wildman–Crippen LogP) is 1.28. The van der Waals surface area contributed by atoms with Gasteiger partial charge in [-0.15, -0.1) is 0 Å². The van der Waals surface area contributed by atoms with Crippen LogP contribution in [-0.4, -0.2) is 22.5 Å². The maximum Gasteiger partial charge on any atom is 0.177 e. The van der Waals surface area contributed by atoms with Gasteiger partial charge in [-0.25, -0.2) is 0 Å². The Morgan fingerprint density at radius 1 is 1.36 bits per heavy atom. The Morgan fingerprint density at radius 2 is 2.00 bits per heavy atom. The van der Waals surface area contributed by atoms with E-state index in [1.54, 1.807) is 0 Å². The number of nitrogens with two attached hydrogens (primary N) is 1. The van der Waals surface area contributed by atoms with Crippen LogP contribution >= 0.6 is 11.6 Å². The van der Waals surface area contributed by atoms with E-state index < -0.39 is 11.5 Å². The molecule has 0 aliphatic carbocycles. The highest BCUT2D eigenvalue weighted by atomic mass is 35.5. The molecule has 0 heterocycles. The number of ketones is 1. The Bertz CT molecular complexity index is 365. The molecule has 0 aromatic heterocycles. The highest BCUT2D eigenvalue weighted by molar-refractivity contribution is 6.32. The van der Waals surface area contributed by atoms with Crippen molar-refractivity contribution in [2.24, 2.45) is 5.73 Å². The number of carbonyl (C=O) groups is 1. The standard InChI is InChI=1S/C9H10ClNO3/c10-6-2-1-5(7(12)3-4-11)8(13)9(6)14/h1-2,13-14H,3-4,11H2. The molecule has 0 atom stereocenters. The van der Waals surface area contributed by atoms with Crippen molar-refractivity contribution >= 4 is 17.4 Å². The Labute approximate surface area is 85.9 Å². The normalized spacial score (nSPS) is 10.1. The molecule has 4 nitrogen and oxygen atoms in total. The minimum atomic E-state index is -0.490. The first-order chi connectivity index (χ1) is 6.57. The number of rotatable bonds is 3. The number of hydrogen-bond donors (Lipinski definition) is 3. The molecule has 0 amide bonds. The summed E-state index contributed by atoms with van der Waals surface area (Å²) >= 11 is 5.52. The summed E-state index contributed by atoms with van der Waals surface area (Å²) in [5.41, 5.74) is 5.23. The SMILES string of the molecule is NCCC(=O)c1ccc(Cl)c(O)c1O. The molecule has 0 saturated carbocycles. The second kappa shape index (κ2) is 4.30. The van der Waals surface area contributed by atoms with Crippen LogP contribution in [-0.2, 0) is 0 Å².